The Morgan fingerprint density at radius 3 is 2.65 bits per heavy atom. The second-order valence-electron chi connectivity index (χ2n) is 8.77. The molecule has 9 nitrogen and oxygen atoms in total. The van der Waals surface area contributed by atoms with Crippen molar-refractivity contribution < 1.29 is 4.79 Å². The number of rotatable bonds is 5. The highest BCUT2D eigenvalue weighted by Gasteiger charge is 2.20. The zero-order valence-corrected chi connectivity index (χ0v) is 19.7. The lowest BCUT2D eigenvalue weighted by Crippen LogP contribution is -2.46. The van der Waals surface area contributed by atoms with Gasteiger partial charge < -0.3 is 20.5 Å². The molecule has 1 aromatic carbocycles. The van der Waals surface area contributed by atoms with E-state index in [1.54, 1.807) is 11.4 Å². The number of aryl methyl sites for hydroxylation is 1. The fourth-order valence-corrected chi connectivity index (χ4v) is 4.72. The largest absolute Gasteiger partial charge is 0.386 e. The van der Waals surface area contributed by atoms with Crippen molar-refractivity contribution in [3.8, 4) is 0 Å². The lowest BCUT2D eigenvalue weighted by molar-refractivity contribution is 0.0963. The lowest BCUT2D eigenvalue weighted by atomic mass is 10.1. The highest BCUT2D eigenvalue weighted by atomic mass is 16.1. The number of piperazine rings is 1. The number of hydrogen-bond donors (Lipinski definition) is 3. The molecule has 0 unspecified atom stereocenters. The Bertz CT molecular complexity index is 1430. The first-order valence-electron chi connectivity index (χ1n) is 11.5. The average molecular weight is 460 g/mol. The van der Waals surface area contributed by atoms with E-state index < -0.39 is 0 Å². The van der Waals surface area contributed by atoms with Crippen molar-refractivity contribution in [2.24, 2.45) is 0 Å². The number of aromatic nitrogens is 3. The van der Waals surface area contributed by atoms with Gasteiger partial charge in [0, 0.05) is 64.8 Å². The highest BCUT2D eigenvalue weighted by Crippen LogP contribution is 2.28. The molecule has 5 rings (SSSR count). The van der Waals surface area contributed by atoms with E-state index >= 15 is 0 Å². The number of carbonyl (C=O) groups excluding carboxylic acids is 1. The molecule has 0 saturated carbocycles. The summed E-state index contributed by atoms with van der Waals surface area (Å²) < 4.78 is 1.62. The fourth-order valence-electron chi connectivity index (χ4n) is 4.72. The Kier molecular flexibility index (Phi) is 5.70. The van der Waals surface area contributed by atoms with Crippen molar-refractivity contribution in [2.45, 2.75) is 13.5 Å². The van der Waals surface area contributed by atoms with Crippen LogP contribution in [0.25, 0.3) is 16.6 Å². The van der Waals surface area contributed by atoms with Crippen LogP contribution in [0, 0.1) is 6.92 Å². The molecule has 0 atom stereocenters. The molecule has 9 heteroatoms. The van der Waals surface area contributed by atoms with Gasteiger partial charge in [-0.15, -0.1) is 0 Å². The highest BCUT2D eigenvalue weighted by molar-refractivity contribution is 5.96. The van der Waals surface area contributed by atoms with E-state index in [2.05, 4.69) is 30.4 Å². The molecular formula is C25H29N7O2. The normalized spacial score (nSPS) is 14.6. The number of nitrogens with one attached hydrogen (secondary N) is 3. The van der Waals surface area contributed by atoms with Crippen LogP contribution in [0.5, 0.6) is 0 Å². The quantitative estimate of drug-likeness (QED) is 0.423. The van der Waals surface area contributed by atoms with E-state index in [1.165, 1.54) is 0 Å². The number of benzene rings is 1. The molecular weight excluding hydrogens is 430 g/mol. The fraction of sp³-hybridized carbons (Fsp3) is 0.320. The summed E-state index contributed by atoms with van der Waals surface area (Å²) in [6.45, 7) is 6.34. The van der Waals surface area contributed by atoms with Gasteiger partial charge >= 0.3 is 5.69 Å². The molecule has 1 amide bonds. The number of carbonyl (C=O) groups is 1. The number of H-pyrrole nitrogens is 1. The predicted octanol–water partition coefficient (Wildman–Crippen LogP) is 2.21. The van der Waals surface area contributed by atoms with Gasteiger partial charge in [-0.05, 0) is 48.4 Å². The average Bonchev–Trinajstić information content (AvgIpc) is 3.26. The number of aromatic amines is 1. The van der Waals surface area contributed by atoms with Gasteiger partial charge in [0.1, 0.15) is 5.52 Å². The number of fused-ring (bicyclic) bond motifs is 3. The summed E-state index contributed by atoms with van der Waals surface area (Å²) in [5.74, 6) is -0.0916. The SMILES string of the molecule is CNC(=O)c1ccc(N2CCN(Cc3cnc4c(c3)[nH]c(=O)n3cc(C)cc43)CC2)c(NC)c1. The van der Waals surface area contributed by atoms with Crippen LogP contribution in [0.3, 0.4) is 0 Å². The van der Waals surface area contributed by atoms with Crippen molar-refractivity contribution in [3.05, 3.63) is 69.9 Å². The van der Waals surface area contributed by atoms with Crippen LogP contribution < -0.4 is 21.2 Å². The molecule has 3 aromatic heterocycles. The van der Waals surface area contributed by atoms with E-state index in [9.17, 15) is 9.59 Å². The second-order valence-corrected chi connectivity index (χ2v) is 8.77. The summed E-state index contributed by atoms with van der Waals surface area (Å²) in [7, 11) is 3.52. The molecule has 1 aliphatic rings. The molecule has 0 spiro atoms. The number of pyridine rings is 1. The first-order valence-corrected chi connectivity index (χ1v) is 11.5. The Morgan fingerprint density at radius 2 is 1.91 bits per heavy atom. The molecule has 176 valence electrons. The van der Waals surface area contributed by atoms with Crippen LogP contribution in [0.1, 0.15) is 21.5 Å². The van der Waals surface area contributed by atoms with Crippen LogP contribution in [-0.4, -0.2) is 65.5 Å². The summed E-state index contributed by atoms with van der Waals surface area (Å²) in [4.78, 5) is 36.8. The van der Waals surface area contributed by atoms with Crippen LogP contribution in [0.15, 0.2) is 47.5 Å². The van der Waals surface area contributed by atoms with Gasteiger partial charge in [-0.1, -0.05) is 0 Å². The third-order valence-corrected chi connectivity index (χ3v) is 6.48. The maximum atomic E-state index is 12.4. The van der Waals surface area contributed by atoms with Gasteiger partial charge in [0.25, 0.3) is 5.91 Å². The second kappa shape index (κ2) is 8.83. The minimum atomic E-state index is -0.147. The molecule has 34 heavy (non-hydrogen) atoms. The van der Waals surface area contributed by atoms with Crippen molar-refractivity contribution in [3.63, 3.8) is 0 Å². The number of nitrogens with zero attached hydrogens (tertiary/aromatic N) is 4. The van der Waals surface area contributed by atoms with E-state index in [0.29, 0.717) is 5.56 Å². The minimum Gasteiger partial charge on any atom is -0.386 e. The summed E-state index contributed by atoms with van der Waals surface area (Å²) in [5, 5.41) is 5.90. The Hall–Kier alpha value is -3.85. The number of anilines is 2. The molecule has 1 saturated heterocycles. The smallest absolute Gasteiger partial charge is 0.330 e. The molecule has 4 aromatic rings. The van der Waals surface area contributed by atoms with Gasteiger partial charge in [-0.2, -0.15) is 0 Å². The van der Waals surface area contributed by atoms with Crippen molar-refractivity contribution in [1.82, 2.24) is 24.6 Å². The first kappa shape index (κ1) is 22.0. The van der Waals surface area contributed by atoms with Crippen molar-refractivity contribution >= 4 is 33.8 Å². The van der Waals surface area contributed by atoms with Crippen LogP contribution >= 0.6 is 0 Å². The third-order valence-electron chi connectivity index (χ3n) is 6.48. The molecule has 0 aliphatic carbocycles. The zero-order chi connectivity index (χ0) is 23.8. The Morgan fingerprint density at radius 1 is 1.12 bits per heavy atom. The van der Waals surface area contributed by atoms with E-state index in [4.69, 9.17) is 0 Å². The maximum Gasteiger partial charge on any atom is 0.330 e. The maximum absolute atomic E-state index is 12.4. The van der Waals surface area contributed by atoms with Gasteiger partial charge in [0.05, 0.1) is 22.4 Å². The van der Waals surface area contributed by atoms with E-state index in [-0.39, 0.29) is 11.6 Å². The van der Waals surface area contributed by atoms with Crippen molar-refractivity contribution in [2.75, 3.05) is 50.5 Å². The summed E-state index contributed by atoms with van der Waals surface area (Å²) >= 11 is 0. The number of hydrogen-bond acceptors (Lipinski definition) is 6. The standard InChI is InChI=1S/C25H29N7O2/c1-16-10-22-23-20(29-25(34)32(22)14-16)11-17(13-28-23)15-30-6-8-31(9-7-30)21-5-4-18(24(33)27-3)12-19(21)26-2/h4-5,10-14,26H,6-9,15H2,1-3H3,(H,27,33)(H,29,34). The van der Waals surface area contributed by atoms with E-state index in [1.807, 2.05) is 56.7 Å². The summed E-state index contributed by atoms with van der Waals surface area (Å²) in [6, 6.07) is 9.80. The zero-order valence-electron chi connectivity index (χ0n) is 19.7. The molecule has 1 aliphatic heterocycles. The Labute approximate surface area is 197 Å². The topological polar surface area (TPSA) is 97.8 Å². The number of amides is 1. The Balaban J connectivity index is 1.30. The van der Waals surface area contributed by atoms with Crippen LogP contribution in [-0.2, 0) is 6.54 Å². The third kappa shape index (κ3) is 3.99. The van der Waals surface area contributed by atoms with Crippen LogP contribution in [0.2, 0.25) is 0 Å². The first-order chi connectivity index (χ1) is 16.5. The van der Waals surface area contributed by atoms with Gasteiger partial charge in [-0.3, -0.25) is 19.1 Å². The lowest BCUT2D eigenvalue weighted by Gasteiger charge is -2.37. The monoisotopic (exact) mass is 459 g/mol. The summed E-state index contributed by atoms with van der Waals surface area (Å²) in [5.41, 5.74) is 7.06. The molecule has 4 heterocycles. The van der Waals surface area contributed by atoms with Gasteiger partial charge in [0.2, 0.25) is 0 Å². The van der Waals surface area contributed by atoms with Gasteiger partial charge in [-0.25, -0.2) is 4.79 Å². The minimum absolute atomic E-state index is 0.0916. The van der Waals surface area contributed by atoms with Crippen LogP contribution in [0.4, 0.5) is 11.4 Å². The molecule has 1 fully saturated rings. The van der Waals surface area contributed by atoms with E-state index in [0.717, 1.165) is 71.8 Å². The predicted molar refractivity (Wildman–Crippen MR) is 135 cm³/mol. The van der Waals surface area contributed by atoms with Gasteiger partial charge in [0.15, 0.2) is 0 Å². The molecule has 3 N–H and O–H groups in total. The molecule has 0 bridgehead atoms. The summed E-state index contributed by atoms with van der Waals surface area (Å²) in [6.07, 6.45) is 3.74. The van der Waals surface area contributed by atoms with Crippen molar-refractivity contribution in [1.29, 1.82) is 0 Å². The molecule has 0 radical (unpaired) electrons.